The van der Waals surface area contributed by atoms with Crippen molar-refractivity contribution < 1.29 is 0 Å². The number of hydrogen-bond acceptors (Lipinski definition) is 0. The van der Waals surface area contributed by atoms with Crippen LogP contribution in [0.25, 0.3) is 0 Å². The first kappa shape index (κ1) is 9.83. The Balaban J connectivity index is 2.38. The van der Waals surface area contributed by atoms with Gasteiger partial charge in [0.1, 0.15) is 0 Å². The highest BCUT2D eigenvalue weighted by Gasteiger charge is 2.23. The van der Waals surface area contributed by atoms with Crippen LogP contribution in [0, 0.1) is 17.8 Å². The molecule has 0 heteroatoms. The summed E-state index contributed by atoms with van der Waals surface area (Å²) in [7, 11) is 0. The third-order valence-electron chi connectivity index (χ3n) is 3.30. The van der Waals surface area contributed by atoms with Crippen LogP contribution in [0.3, 0.4) is 0 Å². The van der Waals surface area contributed by atoms with Gasteiger partial charge in [-0.2, -0.15) is 0 Å². The standard InChI is InChI=1S/C12H22/c1-4-5-6-12-9-10(2)7-8-11(12)3/h4-5,10-12H,6-9H2,1-3H3/b5-4-. The smallest absolute Gasteiger partial charge is 0.0320 e. The molecule has 3 unspecified atom stereocenters. The zero-order chi connectivity index (χ0) is 8.97. The van der Waals surface area contributed by atoms with Crippen LogP contribution in [-0.4, -0.2) is 0 Å². The monoisotopic (exact) mass is 166 g/mol. The van der Waals surface area contributed by atoms with Crippen LogP contribution in [0.2, 0.25) is 0 Å². The lowest BCUT2D eigenvalue weighted by molar-refractivity contribution is 0.205. The first-order chi connectivity index (χ1) is 5.74. The van der Waals surface area contributed by atoms with Gasteiger partial charge < -0.3 is 0 Å². The summed E-state index contributed by atoms with van der Waals surface area (Å²) in [6.07, 6.45) is 10.2. The molecule has 0 aromatic carbocycles. The fourth-order valence-corrected chi connectivity index (χ4v) is 2.29. The molecule has 0 bridgehead atoms. The Morgan fingerprint density at radius 3 is 2.67 bits per heavy atom. The van der Waals surface area contributed by atoms with Crippen molar-refractivity contribution in [3.8, 4) is 0 Å². The third-order valence-corrected chi connectivity index (χ3v) is 3.30. The summed E-state index contributed by atoms with van der Waals surface area (Å²) in [4.78, 5) is 0. The number of allylic oxidation sites excluding steroid dienone is 2. The van der Waals surface area contributed by atoms with E-state index < -0.39 is 0 Å². The van der Waals surface area contributed by atoms with Gasteiger partial charge in [-0.15, -0.1) is 0 Å². The maximum Gasteiger partial charge on any atom is -0.0320 e. The van der Waals surface area contributed by atoms with E-state index in [2.05, 4.69) is 32.9 Å². The first-order valence-electron chi connectivity index (χ1n) is 5.35. The van der Waals surface area contributed by atoms with Gasteiger partial charge in [0.15, 0.2) is 0 Å². The Morgan fingerprint density at radius 1 is 1.25 bits per heavy atom. The van der Waals surface area contributed by atoms with Crippen molar-refractivity contribution in [2.75, 3.05) is 0 Å². The molecule has 70 valence electrons. The molecule has 0 aromatic rings. The van der Waals surface area contributed by atoms with Crippen LogP contribution >= 0.6 is 0 Å². The van der Waals surface area contributed by atoms with Gasteiger partial charge in [-0.1, -0.05) is 38.8 Å². The van der Waals surface area contributed by atoms with Gasteiger partial charge in [0.25, 0.3) is 0 Å². The van der Waals surface area contributed by atoms with E-state index in [1.54, 1.807) is 0 Å². The molecule has 1 aliphatic rings. The molecule has 1 fully saturated rings. The largest absolute Gasteiger partial charge is 0.0917 e. The molecule has 1 rings (SSSR count). The second kappa shape index (κ2) is 4.69. The van der Waals surface area contributed by atoms with E-state index in [0.717, 1.165) is 17.8 Å². The van der Waals surface area contributed by atoms with Crippen molar-refractivity contribution in [1.82, 2.24) is 0 Å². The average molecular weight is 166 g/mol. The summed E-state index contributed by atoms with van der Waals surface area (Å²) in [6, 6.07) is 0. The molecule has 0 heterocycles. The predicted octanol–water partition coefficient (Wildman–Crippen LogP) is 4.02. The van der Waals surface area contributed by atoms with Gasteiger partial charge in [0.05, 0.1) is 0 Å². The zero-order valence-electron chi connectivity index (χ0n) is 8.72. The molecule has 0 radical (unpaired) electrons. The van der Waals surface area contributed by atoms with Crippen molar-refractivity contribution in [2.45, 2.75) is 46.5 Å². The van der Waals surface area contributed by atoms with Gasteiger partial charge in [-0.05, 0) is 37.5 Å². The molecule has 1 saturated carbocycles. The molecule has 0 aromatic heterocycles. The van der Waals surface area contributed by atoms with Gasteiger partial charge >= 0.3 is 0 Å². The number of hydrogen-bond donors (Lipinski definition) is 0. The van der Waals surface area contributed by atoms with Crippen molar-refractivity contribution in [3.63, 3.8) is 0 Å². The van der Waals surface area contributed by atoms with Crippen molar-refractivity contribution in [3.05, 3.63) is 12.2 Å². The van der Waals surface area contributed by atoms with Crippen LogP contribution in [0.4, 0.5) is 0 Å². The zero-order valence-corrected chi connectivity index (χ0v) is 8.72. The normalized spacial score (nSPS) is 37.4. The quantitative estimate of drug-likeness (QED) is 0.543. The summed E-state index contributed by atoms with van der Waals surface area (Å²) in [5, 5.41) is 0. The van der Waals surface area contributed by atoms with Gasteiger partial charge in [-0.25, -0.2) is 0 Å². The average Bonchev–Trinajstić information content (AvgIpc) is 2.07. The minimum Gasteiger partial charge on any atom is -0.0917 e. The third kappa shape index (κ3) is 2.66. The summed E-state index contributed by atoms with van der Waals surface area (Å²) in [6.45, 7) is 6.94. The summed E-state index contributed by atoms with van der Waals surface area (Å²) in [5.74, 6) is 2.89. The van der Waals surface area contributed by atoms with Crippen LogP contribution in [0.5, 0.6) is 0 Å². The maximum atomic E-state index is 2.42. The fraction of sp³-hybridized carbons (Fsp3) is 0.833. The fourth-order valence-electron chi connectivity index (χ4n) is 2.29. The molecule has 3 atom stereocenters. The van der Waals surface area contributed by atoms with Crippen LogP contribution < -0.4 is 0 Å². The van der Waals surface area contributed by atoms with E-state index >= 15 is 0 Å². The summed E-state index contributed by atoms with van der Waals surface area (Å²) < 4.78 is 0. The van der Waals surface area contributed by atoms with Gasteiger partial charge in [-0.3, -0.25) is 0 Å². The predicted molar refractivity (Wildman–Crippen MR) is 55.1 cm³/mol. The van der Waals surface area contributed by atoms with E-state index in [4.69, 9.17) is 0 Å². The van der Waals surface area contributed by atoms with Crippen LogP contribution in [-0.2, 0) is 0 Å². The highest BCUT2D eigenvalue weighted by Crippen LogP contribution is 2.35. The Morgan fingerprint density at radius 2 is 2.00 bits per heavy atom. The lowest BCUT2D eigenvalue weighted by Crippen LogP contribution is -2.20. The number of rotatable bonds is 2. The van der Waals surface area contributed by atoms with Crippen molar-refractivity contribution >= 4 is 0 Å². The molecule has 0 N–H and O–H groups in total. The Hall–Kier alpha value is -0.260. The highest BCUT2D eigenvalue weighted by atomic mass is 14.3. The van der Waals surface area contributed by atoms with E-state index in [1.807, 2.05) is 0 Å². The maximum absolute atomic E-state index is 2.42. The molecule has 0 spiro atoms. The van der Waals surface area contributed by atoms with Crippen molar-refractivity contribution in [2.24, 2.45) is 17.8 Å². The van der Waals surface area contributed by atoms with Crippen molar-refractivity contribution in [1.29, 1.82) is 0 Å². The lowest BCUT2D eigenvalue weighted by atomic mass is 9.74. The minimum absolute atomic E-state index is 0.956. The minimum atomic E-state index is 0.956. The van der Waals surface area contributed by atoms with Crippen LogP contribution in [0.1, 0.15) is 46.5 Å². The van der Waals surface area contributed by atoms with E-state index in [0.29, 0.717) is 0 Å². The molecule has 0 nitrogen and oxygen atoms in total. The molecular formula is C12H22. The molecule has 0 saturated heterocycles. The van der Waals surface area contributed by atoms with Gasteiger partial charge in [0.2, 0.25) is 0 Å². The topological polar surface area (TPSA) is 0 Å². The molecule has 0 amide bonds. The van der Waals surface area contributed by atoms with E-state index in [-0.39, 0.29) is 0 Å². The lowest BCUT2D eigenvalue weighted by Gasteiger charge is -2.32. The molecule has 0 aliphatic heterocycles. The second-order valence-electron chi connectivity index (χ2n) is 4.46. The van der Waals surface area contributed by atoms with E-state index in [1.165, 1.54) is 25.7 Å². The molecule has 12 heavy (non-hydrogen) atoms. The van der Waals surface area contributed by atoms with Gasteiger partial charge in [0, 0.05) is 0 Å². The Bertz CT molecular complexity index is 146. The summed E-state index contributed by atoms with van der Waals surface area (Å²) >= 11 is 0. The van der Waals surface area contributed by atoms with E-state index in [9.17, 15) is 0 Å². The molecule has 1 aliphatic carbocycles. The first-order valence-corrected chi connectivity index (χ1v) is 5.35. The SMILES string of the molecule is C/C=C\CC1CC(C)CCC1C. The Labute approximate surface area is 77.1 Å². The highest BCUT2D eigenvalue weighted by molar-refractivity contribution is 4.85. The second-order valence-corrected chi connectivity index (χ2v) is 4.46. The summed E-state index contributed by atoms with van der Waals surface area (Å²) in [5.41, 5.74) is 0. The molecular weight excluding hydrogens is 144 g/mol. The van der Waals surface area contributed by atoms with Crippen LogP contribution in [0.15, 0.2) is 12.2 Å². The Kier molecular flexibility index (Phi) is 3.84.